The van der Waals surface area contributed by atoms with Crippen LogP contribution in [0.15, 0.2) is 35.5 Å². The highest BCUT2D eigenvalue weighted by Gasteiger charge is 2.39. The molecule has 0 aliphatic carbocycles. The van der Waals surface area contributed by atoms with Crippen molar-refractivity contribution in [3.05, 3.63) is 63.2 Å². The molecule has 9 heteroatoms. The Morgan fingerprint density at radius 1 is 1.23 bits per heavy atom. The van der Waals surface area contributed by atoms with Gasteiger partial charge in [-0.25, -0.2) is 9.59 Å². The number of benzene rings is 2. The second-order valence-corrected chi connectivity index (χ2v) is 10.4. The lowest BCUT2D eigenvalue weighted by Crippen LogP contribution is -2.45. The van der Waals surface area contributed by atoms with Crippen molar-refractivity contribution in [3.8, 4) is 5.75 Å². The van der Waals surface area contributed by atoms with E-state index < -0.39 is 12.1 Å². The van der Waals surface area contributed by atoms with Gasteiger partial charge in [-0.15, -0.1) is 0 Å². The maximum atomic E-state index is 12.5. The number of oxime groups is 1. The standard InChI is InChI=1S/C26H32ClN3O5/c1-14(2)34-21-10-7-16(13-20(21)27)24(31)35-29-23(28)18-8-9-19-17(15(18)3)11-12-30(25(32)33)22(19)26(4,5)6/h7-10,13-14,22H,11-12H2,1-6H3,(H2,28,29)(H,32,33). The average molecular weight is 502 g/mol. The van der Waals surface area contributed by atoms with E-state index in [2.05, 4.69) is 5.16 Å². The van der Waals surface area contributed by atoms with Gasteiger partial charge in [0.1, 0.15) is 5.75 Å². The highest BCUT2D eigenvalue weighted by atomic mass is 35.5. The fourth-order valence-corrected chi connectivity index (χ4v) is 4.71. The summed E-state index contributed by atoms with van der Waals surface area (Å²) in [6.45, 7) is 12.1. The molecule has 1 heterocycles. The molecule has 0 spiro atoms. The van der Waals surface area contributed by atoms with Gasteiger partial charge in [-0.2, -0.15) is 0 Å². The number of halogens is 1. The molecule has 2 aromatic carbocycles. The summed E-state index contributed by atoms with van der Waals surface area (Å²) in [7, 11) is 0. The van der Waals surface area contributed by atoms with E-state index in [0.717, 1.165) is 16.7 Å². The highest BCUT2D eigenvalue weighted by molar-refractivity contribution is 6.32. The second kappa shape index (κ2) is 10.2. The Kier molecular flexibility index (Phi) is 7.65. The maximum absolute atomic E-state index is 12.5. The summed E-state index contributed by atoms with van der Waals surface area (Å²) in [6.07, 6.45) is -0.431. The highest BCUT2D eigenvalue weighted by Crippen LogP contribution is 2.43. The number of ether oxygens (including phenoxy) is 1. The number of amides is 1. The second-order valence-electron chi connectivity index (χ2n) is 9.97. The van der Waals surface area contributed by atoms with Crippen LogP contribution in [0.25, 0.3) is 0 Å². The van der Waals surface area contributed by atoms with E-state index in [9.17, 15) is 14.7 Å². The molecule has 0 fully saturated rings. The first-order chi connectivity index (χ1) is 16.3. The van der Waals surface area contributed by atoms with Crippen molar-refractivity contribution in [2.75, 3.05) is 6.54 Å². The monoisotopic (exact) mass is 501 g/mol. The molecule has 1 unspecified atom stereocenters. The van der Waals surface area contributed by atoms with Crippen LogP contribution in [0.2, 0.25) is 5.02 Å². The molecule has 1 atom stereocenters. The predicted octanol–water partition coefficient (Wildman–Crippen LogP) is 5.54. The van der Waals surface area contributed by atoms with Crippen LogP contribution in [0.3, 0.4) is 0 Å². The van der Waals surface area contributed by atoms with Gasteiger partial charge in [0, 0.05) is 12.1 Å². The molecule has 2 aromatic rings. The number of nitrogens with two attached hydrogens (primary N) is 1. The number of hydrogen-bond acceptors (Lipinski definition) is 5. The minimum Gasteiger partial charge on any atom is -0.489 e. The molecule has 8 nitrogen and oxygen atoms in total. The van der Waals surface area contributed by atoms with Crippen molar-refractivity contribution >= 4 is 29.5 Å². The minimum atomic E-state index is -0.936. The molecule has 0 saturated carbocycles. The van der Waals surface area contributed by atoms with Gasteiger partial charge in [-0.05, 0) is 67.5 Å². The SMILES string of the molecule is Cc1c(C(N)=NOC(=O)c2ccc(OC(C)C)c(Cl)c2)ccc2c1CCN(C(=O)O)C2C(C)(C)C. The van der Waals surface area contributed by atoms with Crippen LogP contribution < -0.4 is 10.5 Å². The number of fused-ring (bicyclic) bond motifs is 1. The zero-order chi connectivity index (χ0) is 26.1. The van der Waals surface area contributed by atoms with E-state index in [1.807, 2.05) is 47.6 Å². The molecule has 188 valence electrons. The molecular formula is C26H32ClN3O5. The van der Waals surface area contributed by atoms with Gasteiger partial charge in [0.2, 0.25) is 0 Å². The first-order valence-corrected chi connectivity index (χ1v) is 11.8. The molecule has 3 rings (SSSR count). The molecule has 3 N–H and O–H groups in total. The van der Waals surface area contributed by atoms with Gasteiger partial charge in [-0.3, -0.25) is 0 Å². The van der Waals surface area contributed by atoms with E-state index >= 15 is 0 Å². The third-order valence-corrected chi connectivity index (χ3v) is 6.24. The van der Waals surface area contributed by atoms with Gasteiger partial charge in [0.15, 0.2) is 5.84 Å². The quantitative estimate of drug-likeness (QED) is 0.241. The number of hydrogen-bond donors (Lipinski definition) is 2. The Balaban J connectivity index is 1.85. The van der Waals surface area contributed by atoms with Crippen molar-refractivity contribution < 1.29 is 24.3 Å². The lowest BCUT2D eigenvalue weighted by atomic mass is 9.75. The smallest absolute Gasteiger partial charge is 0.407 e. The molecule has 0 bridgehead atoms. The van der Waals surface area contributed by atoms with Gasteiger partial charge in [0.25, 0.3) is 0 Å². The molecule has 0 saturated heterocycles. The number of amidine groups is 1. The molecule has 1 aliphatic rings. The van der Waals surface area contributed by atoms with Crippen LogP contribution in [0.4, 0.5) is 4.79 Å². The summed E-state index contributed by atoms with van der Waals surface area (Å²) >= 11 is 6.20. The molecule has 0 aromatic heterocycles. The maximum Gasteiger partial charge on any atom is 0.407 e. The lowest BCUT2D eigenvalue weighted by Gasteiger charge is -2.43. The van der Waals surface area contributed by atoms with Crippen molar-refractivity contribution in [1.29, 1.82) is 0 Å². The number of carbonyl (C=O) groups excluding carboxylic acids is 1. The minimum absolute atomic E-state index is 0.0532. The third-order valence-electron chi connectivity index (χ3n) is 5.94. The molecule has 1 aliphatic heterocycles. The Labute approximate surface area is 210 Å². The fourth-order valence-electron chi connectivity index (χ4n) is 4.48. The van der Waals surface area contributed by atoms with Crippen molar-refractivity contribution in [2.24, 2.45) is 16.3 Å². The molecule has 1 amide bonds. The first kappa shape index (κ1) is 26.3. The van der Waals surface area contributed by atoms with Crippen LogP contribution >= 0.6 is 11.6 Å². The fraction of sp³-hybridized carbons (Fsp3) is 0.423. The Morgan fingerprint density at radius 3 is 2.49 bits per heavy atom. The average Bonchev–Trinajstić information content (AvgIpc) is 2.77. The third kappa shape index (κ3) is 5.70. The van der Waals surface area contributed by atoms with Crippen molar-refractivity contribution in [1.82, 2.24) is 4.90 Å². The summed E-state index contributed by atoms with van der Waals surface area (Å²) in [5.74, 6) is -0.176. The largest absolute Gasteiger partial charge is 0.489 e. The van der Waals surface area contributed by atoms with E-state index in [-0.39, 0.29) is 29.0 Å². The van der Waals surface area contributed by atoms with Gasteiger partial charge in [-0.1, -0.05) is 49.7 Å². The zero-order valence-electron chi connectivity index (χ0n) is 20.9. The number of rotatable bonds is 5. The van der Waals surface area contributed by atoms with Crippen LogP contribution in [-0.4, -0.2) is 40.6 Å². The topological polar surface area (TPSA) is 114 Å². The summed E-state index contributed by atoms with van der Waals surface area (Å²) in [5.41, 5.74) is 9.61. The Morgan fingerprint density at radius 2 is 1.91 bits per heavy atom. The Hall–Kier alpha value is -3.26. The van der Waals surface area contributed by atoms with Crippen LogP contribution in [0.1, 0.15) is 73.3 Å². The van der Waals surface area contributed by atoms with Gasteiger partial charge < -0.3 is 25.3 Å². The number of nitrogens with zero attached hydrogens (tertiary/aromatic N) is 2. The van der Waals surface area contributed by atoms with E-state index in [1.165, 1.54) is 11.0 Å². The van der Waals surface area contributed by atoms with Gasteiger partial charge >= 0.3 is 12.1 Å². The van der Waals surface area contributed by atoms with Crippen LogP contribution in [0.5, 0.6) is 5.75 Å². The zero-order valence-corrected chi connectivity index (χ0v) is 21.6. The van der Waals surface area contributed by atoms with Gasteiger partial charge in [0.05, 0.1) is 22.7 Å². The van der Waals surface area contributed by atoms with Crippen molar-refractivity contribution in [2.45, 2.75) is 60.1 Å². The lowest BCUT2D eigenvalue weighted by molar-refractivity contribution is 0.0516. The van der Waals surface area contributed by atoms with Crippen molar-refractivity contribution in [3.63, 3.8) is 0 Å². The number of carbonyl (C=O) groups is 2. The van der Waals surface area contributed by atoms with Crippen LogP contribution in [0, 0.1) is 12.3 Å². The first-order valence-electron chi connectivity index (χ1n) is 11.4. The molecule has 35 heavy (non-hydrogen) atoms. The predicted molar refractivity (Wildman–Crippen MR) is 135 cm³/mol. The summed E-state index contributed by atoms with van der Waals surface area (Å²) in [6, 6.07) is 7.99. The summed E-state index contributed by atoms with van der Waals surface area (Å²) in [4.78, 5) is 30.9. The Bertz CT molecular complexity index is 1170. The van der Waals surface area contributed by atoms with E-state index in [4.69, 9.17) is 26.9 Å². The molecule has 0 radical (unpaired) electrons. The van der Waals surface area contributed by atoms with E-state index in [0.29, 0.717) is 29.3 Å². The summed E-state index contributed by atoms with van der Waals surface area (Å²) < 4.78 is 5.58. The summed E-state index contributed by atoms with van der Waals surface area (Å²) in [5, 5.41) is 13.9. The van der Waals surface area contributed by atoms with Crippen LogP contribution in [-0.2, 0) is 11.3 Å². The molecular weight excluding hydrogens is 470 g/mol. The number of carboxylic acid groups (broad SMARTS) is 1. The van der Waals surface area contributed by atoms with E-state index in [1.54, 1.807) is 18.2 Å². The normalized spacial score (nSPS) is 16.2.